The van der Waals surface area contributed by atoms with E-state index in [4.69, 9.17) is 14.4 Å². The van der Waals surface area contributed by atoms with E-state index < -0.39 is 0 Å². The first kappa shape index (κ1) is 11.4. The topological polar surface area (TPSA) is 76.1 Å². The van der Waals surface area contributed by atoms with Crippen LogP contribution in [0.25, 0.3) is 10.3 Å². The normalized spacial score (nSPS) is 10.3. The van der Waals surface area contributed by atoms with Crippen molar-refractivity contribution in [2.24, 2.45) is 0 Å². The number of fused-ring (bicyclic) bond motifs is 1. The zero-order valence-corrected chi connectivity index (χ0v) is 10.3. The zero-order valence-electron chi connectivity index (χ0n) is 9.49. The third kappa shape index (κ3) is 2.19. The van der Waals surface area contributed by atoms with Crippen molar-refractivity contribution >= 4 is 21.6 Å². The first-order chi connectivity index (χ1) is 9.26. The average Bonchev–Trinajstić information content (AvgIpc) is 2.79. The van der Waals surface area contributed by atoms with E-state index in [9.17, 15) is 4.79 Å². The van der Waals surface area contributed by atoms with Crippen LogP contribution in [0.2, 0.25) is 0 Å². The van der Waals surface area contributed by atoms with E-state index in [1.54, 1.807) is 36.5 Å². The van der Waals surface area contributed by atoms with E-state index in [0.29, 0.717) is 16.9 Å². The van der Waals surface area contributed by atoms with Gasteiger partial charge in [0.2, 0.25) is 5.88 Å². The summed E-state index contributed by atoms with van der Waals surface area (Å²) in [5.41, 5.74) is 0.802. The Balaban J connectivity index is 2.01. The summed E-state index contributed by atoms with van der Waals surface area (Å²) < 4.78 is 11.3. The van der Waals surface area contributed by atoms with Crippen LogP contribution in [0.15, 0.2) is 45.7 Å². The maximum atomic E-state index is 11.1. The molecule has 0 aliphatic rings. The Kier molecular flexibility index (Phi) is 2.74. The SMILES string of the molecule is N#Cc1cccnc1Oc1ccc2sc(=O)oc2c1. The van der Waals surface area contributed by atoms with Gasteiger partial charge in [-0.15, -0.1) is 0 Å². The minimum atomic E-state index is -0.359. The van der Waals surface area contributed by atoms with E-state index in [1.165, 1.54) is 0 Å². The molecule has 2 aromatic heterocycles. The lowest BCUT2D eigenvalue weighted by molar-refractivity contribution is 0.460. The Labute approximate surface area is 111 Å². The monoisotopic (exact) mass is 270 g/mol. The van der Waals surface area contributed by atoms with Crippen LogP contribution in [-0.4, -0.2) is 4.98 Å². The molecule has 92 valence electrons. The summed E-state index contributed by atoms with van der Waals surface area (Å²) in [5, 5.41) is 8.94. The summed E-state index contributed by atoms with van der Waals surface area (Å²) in [7, 11) is 0. The average molecular weight is 270 g/mol. The molecule has 0 radical (unpaired) electrons. The molecule has 0 saturated carbocycles. The molecule has 0 saturated heterocycles. The maximum absolute atomic E-state index is 11.1. The van der Waals surface area contributed by atoms with E-state index in [0.717, 1.165) is 16.0 Å². The van der Waals surface area contributed by atoms with Crippen molar-refractivity contribution in [1.29, 1.82) is 5.26 Å². The van der Waals surface area contributed by atoms with Crippen LogP contribution in [0.5, 0.6) is 11.6 Å². The van der Waals surface area contributed by atoms with Crippen molar-refractivity contribution < 1.29 is 9.15 Å². The van der Waals surface area contributed by atoms with Crippen LogP contribution in [0.1, 0.15) is 5.56 Å². The first-order valence-electron chi connectivity index (χ1n) is 5.33. The van der Waals surface area contributed by atoms with E-state index in [2.05, 4.69) is 4.98 Å². The molecule has 0 fully saturated rings. The third-order valence-corrected chi connectivity index (χ3v) is 3.22. The Morgan fingerprint density at radius 1 is 1.37 bits per heavy atom. The lowest BCUT2D eigenvalue weighted by Crippen LogP contribution is -1.90. The second-order valence-corrected chi connectivity index (χ2v) is 4.61. The number of aromatic nitrogens is 1. The molecule has 3 aromatic rings. The fourth-order valence-electron chi connectivity index (χ4n) is 1.59. The standard InChI is InChI=1S/C13H6N2O3S/c14-7-8-2-1-5-15-12(8)17-9-3-4-11-10(6-9)18-13(16)19-11/h1-6H. The molecular formula is C13H6N2O3S. The van der Waals surface area contributed by atoms with Gasteiger partial charge in [-0.05, 0) is 24.3 Å². The molecule has 0 bridgehead atoms. The highest BCUT2D eigenvalue weighted by Gasteiger charge is 2.08. The van der Waals surface area contributed by atoms with Crippen molar-refractivity contribution in [3.8, 4) is 17.7 Å². The number of hydrogen-bond donors (Lipinski definition) is 0. The molecule has 0 aliphatic carbocycles. The highest BCUT2D eigenvalue weighted by atomic mass is 32.1. The molecular weight excluding hydrogens is 264 g/mol. The lowest BCUT2D eigenvalue weighted by Gasteiger charge is -2.05. The summed E-state index contributed by atoms with van der Waals surface area (Å²) in [6, 6.07) is 10.3. The number of nitriles is 1. The number of nitrogens with zero attached hydrogens (tertiary/aromatic N) is 2. The van der Waals surface area contributed by atoms with Crippen LogP contribution in [0.4, 0.5) is 0 Å². The molecule has 19 heavy (non-hydrogen) atoms. The quantitative estimate of drug-likeness (QED) is 0.715. The summed E-state index contributed by atoms with van der Waals surface area (Å²) in [6.45, 7) is 0. The number of hydrogen-bond acceptors (Lipinski definition) is 6. The van der Waals surface area contributed by atoms with Crippen molar-refractivity contribution in [2.75, 3.05) is 0 Å². The van der Waals surface area contributed by atoms with E-state index >= 15 is 0 Å². The number of pyridine rings is 1. The third-order valence-electron chi connectivity index (χ3n) is 2.41. The minimum absolute atomic E-state index is 0.224. The second-order valence-electron chi connectivity index (χ2n) is 3.63. The second kappa shape index (κ2) is 4.55. The summed E-state index contributed by atoms with van der Waals surface area (Å²) in [6.07, 6.45) is 1.54. The van der Waals surface area contributed by atoms with Gasteiger partial charge in [0.05, 0.1) is 4.70 Å². The highest BCUT2D eigenvalue weighted by molar-refractivity contribution is 7.16. The van der Waals surface area contributed by atoms with Gasteiger partial charge < -0.3 is 9.15 Å². The molecule has 0 N–H and O–H groups in total. The molecule has 0 atom stereocenters. The Bertz CT molecular complexity index is 845. The predicted octanol–water partition coefficient (Wildman–Crippen LogP) is 2.91. The van der Waals surface area contributed by atoms with Gasteiger partial charge in [-0.1, -0.05) is 11.3 Å². The van der Waals surface area contributed by atoms with Crippen LogP contribution >= 0.6 is 11.3 Å². The highest BCUT2D eigenvalue weighted by Crippen LogP contribution is 2.27. The number of benzene rings is 1. The zero-order chi connectivity index (χ0) is 13.2. The van der Waals surface area contributed by atoms with Gasteiger partial charge >= 0.3 is 4.94 Å². The predicted molar refractivity (Wildman–Crippen MR) is 69.4 cm³/mol. The van der Waals surface area contributed by atoms with E-state index in [-0.39, 0.29) is 10.8 Å². The molecule has 5 nitrogen and oxygen atoms in total. The van der Waals surface area contributed by atoms with Crippen molar-refractivity contribution in [3.63, 3.8) is 0 Å². The fourth-order valence-corrected chi connectivity index (χ4v) is 2.23. The molecule has 1 aromatic carbocycles. The van der Waals surface area contributed by atoms with Gasteiger partial charge in [0, 0.05) is 12.3 Å². The van der Waals surface area contributed by atoms with Crippen molar-refractivity contribution in [3.05, 3.63) is 51.8 Å². The van der Waals surface area contributed by atoms with Crippen LogP contribution < -0.4 is 9.68 Å². The van der Waals surface area contributed by atoms with Crippen LogP contribution in [0.3, 0.4) is 0 Å². The van der Waals surface area contributed by atoms with Gasteiger partial charge in [0.15, 0.2) is 5.58 Å². The van der Waals surface area contributed by atoms with E-state index in [1.807, 2.05) is 6.07 Å². The first-order valence-corrected chi connectivity index (χ1v) is 6.14. The number of ether oxygens (including phenoxy) is 1. The fraction of sp³-hybridized carbons (Fsp3) is 0. The maximum Gasteiger partial charge on any atom is 0.396 e. The summed E-state index contributed by atoms with van der Waals surface area (Å²) in [5.74, 6) is 0.686. The van der Waals surface area contributed by atoms with Gasteiger partial charge in [0.25, 0.3) is 0 Å². The molecule has 6 heteroatoms. The molecule has 2 heterocycles. The van der Waals surface area contributed by atoms with Crippen molar-refractivity contribution in [2.45, 2.75) is 0 Å². The van der Waals surface area contributed by atoms with Gasteiger partial charge in [-0.2, -0.15) is 5.26 Å². The molecule has 3 rings (SSSR count). The molecule has 0 aliphatic heterocycles. The van der Waals surface area contributed by atoms with Crippen LogP contribution in [-0.2, 0) is 0 Å². The largest absolute Gasteiger partial charge is 0.438 e. The Morgan fingerprint density at radius 3 is 3.11 bits per heavy atom. The van der Waals surface area contributed by atoms with Gasteiger partial charge in [-0.3, -0.25) is 0 Å². The smallest absolute Gasteiger partial charge is 0.396 e. The van der Waals surface area contributed by atoms with Crippen molar-refractivity contribution in [1.82, 2.24) is 4.98 Å². The summed E-state index contributed by atoms with van der Waals surface area (Å²) >= 11 is 1.03. The van der Waals surface area contributed by atoms with Gasteiger partial charge in [-0.25, -0.2) is 9.78 Å². The molecule has 0 spiro atoms. The Hall–Kier alpha value is -2.65. The lowest BCUT2D eigenvalue weighted by atomic mass is 10.3. The molecule has 0 unspecified atom stereocenters. The minimum Gasteiger partial charge on any atom is -0.438 e. The van der Waals surface area contributed by atoms with Gasteiger partial charge in [0.1, 0.15) is 17.4 Å². The number of rotatable bonds is 2. The molecule has 0 amide bonds. The Morgan fingerprint density at radius 2 is 2.26 bits per heavy atom. The van der Waals surface area contributed by atoms with Crippen LogP contribution in [0, 0.1) is 11.3 Å². The summed E-state index contributed by atoms with van der Waals surface area (Å²) in [4.78, 5) is 14.8.